The van der Waals surface area contributed by atoms with Crippen molar-refractivity contribution in [2.45, 2.75) is 0 Å². The van der Waals surface area contributed by atoms with Crippen molar-refractivity contribution in [3.8, 4) is 5.75 Å². The van der Waals surface area contributed by atoms with Gasteiger partial charge in [0.05, 0.1) is 7.11 Å². The highest BCUT2D eigenvalue weighted by molar-refractivity contribution is 14.1. The van der Waals surface area contributed by atoms with Crippen LogP contribution in [0.5, 0.6) is 5.75 Å². The predicted octanol–water partition coefficient (Wildman–Crippen LogP) is 4.11. The van der Waals surface area contributed by atoms with Gasteiger partial charge >= 0.3 is 0 Å². The van der Waals surface area contributed by atoms with Crippen molar-refractivity contribution in [3.05, 3.63) is 69.9 Å². The van der Waals surface area contributed by atoms with Crippen LogP contribution in [-0.4, -0.2) is 12.9 Å². The summed E-state index contributed by atoms with van der Waals surface area (Å²) in [5.74, 6) is 0.688. The van der Waals surface area contributed by atoms with Crippen molar-refractivity contribution < 1.29 is 9.53 Å². The van der Waals surface area contributed by atoms with Gasteiger partial charge in [0.1, 0.15) is 5.75 Å². The van der Waals surface area contributed by atoms with Gasteiger partial charge in [-0.2, -0.15) is 0 Å². The molecule has 0 bridgehead atoms. The quantitative estimate of drug-likeness (QED) is 0.483. The van der Waals surface area contributed by atoms with E-state index in [1.54, 1.807) is 37.6 Å². The van der Waals surface area contributed by atoms with Gasteiger partial charge in [0, 0.05) is 27.1 Å². The molecule has 0 aliphatic carbocycles. The Labute approximate surface area is 131 Å². The van der Waals surface area contributed by atoms with Crippen molar-refractivity contribution in [2.75, 3.05) is 12.4 Å². The van der Waals surface area contributed by atoms with Crippen molar-refractivity contribution in [1.82, 2.24) is 0 Å². The normalized spacial score (nSPS) is 10.5. The average molecular weight is 379 g/mol. The van der Waals surface area contributed by atoms with Crippen LogP contribution >= 0.6 is 22.6 Å². The molecule has 0 saturated carbocycles. The number of anilines is 1. The maximum atomic E-state index is 11.9. The third kappa shape index (κ3) is 4.09. The van der Waals surface area contributed by atoms with Gasteiger partial charge in [-0.15, -0.1) is 0 Å². The Hall–Kier alpha value is -1.82. The van der Waals surface area contributed by atoms with E-state index in [1.165, 1.54) is 9.65 Å². The van der Waals surface area contributed by atoms with Crippen LogP contribution in [0.1, 0.15) is 10.4 Å². The molecule has 0 spiro atoms. The molecule has 0 heterocycles. The molecule has 102 valence electrons. The number of ether oxygens (including phenoxy) is 1. The Kier molecular flexibility index (Phi) is 5.17. The number of ketones is 1. The van der Waals surface area contributed by atoms with Gasteiger partial charge in [0.15, 0.2) is 5.78 Å². The number of nitrogens with one attached hydrogen (secondary N) is 1. The third-order valence-electron chi connectivity index (χ3n) is 2.70. The van der Waals surface area contributed by atoms with E-state index in [2.05, 4.69) is 27.9 Å². The fourth-order valence-corrected chi connectivity index (χ4v) is 1.97. The first-order valence-corrected chi connectivity index (χ1v) is 7.14. The fourth-order valence-electron chi connectivity index (χ4n) is 1.61. The zero-order valence-electron chi connectivity index (χ0n) is 11.0. The van der Waals surface area contributed by atoms with Gasteiger partial charge in [-0.3, -0.25) is 4.79 Å². The topological polar surface area (TPSA) is 38.3 Å². The highest BCUT2D eigenvalue weighted by atomic mass is 127. The summed E-state index contributed by atoms with van der Waals surface area (Å²) in [5, 5.41) is 3.07. The minimum atomic E-state index is -0.0503. The van der Waals surface area contributed by atoms with Gasteiger partial charge in [-0.25, -0.2) is 0 Å². The molecule has 0 atom stereocenters. The number of methoxy groups -OCH3 is 1. The molecule has 0 saturated heterocycles. The molecular formula is C16H14INO2. The second-order valence-electron chi connectivity index (χ2n) is 4.08. The van der Waals surface area contributed by atoms with Gasteiger partial charge in [-0.05, 0) is 71.1 Å². The Morgan fingerprint density at radius 3 is 2.35 bits per heavy atom. The SMILES string of the molecule is COc1ccc(C(=O)/C=C/Nc2ccc(I)cc2)cc1. The monoisotopic (exact) mass is 379 g/mol. The molecule has 2 aromatic carbocycles. The number of carbonyl (C=O) groups excluding carboxylic acids is 1. The molecule has 0 aliphatic rings. The zero-order chi connectivity index (χ0) is 14.4. The standard InChI is InChI=1S/C16H14INO2/c1-20-15-8-2-12(3-9-15)16(19)10-11-18-14-6-4-13(17)5-7-14/h2-11,18H,1H3/b11-10+. The molecule has 0 radical (unpaired) electrons. The van der Waals surface area contributed by atoms with Crippen molar-refractivity contribution in [1.29, 1.82) is 0 Å². The molecule has 2 aromatic rings. The lowest BCUT2D eigenvalue weighted by Crippen LogP contribution is -1.96. The van der Waals surface area contributed by atoms with E-state index in [9.17, 15) is 4.79 Å². The van der Waals surface area contributed by atoms with E-state index in [0.717, 1.165) is 11.4 Å². The average Bonchev–Trinajstić information content (AvgIpc) is 2.49. The molecular weight excluding hydrogens is 365 g/mol. The first kappa shape index (κ1) is 14.6. The van der Waals surface area contributed by atoms with E-state index < -0.39 is 0 Å². The third-order valence-corrected chi connectivity index (χ3v) is 3.42. The Bertz CT molecular complexity index is 603. The minimum Gasteiger partial charge on any atom is -0.497 e. The summed E-state index contributed by atoms with van der Waals surface area (Å²) in [6, 6.07) is 15.0. The molecule has 1 N–H and O–H groups in total. The first-order chi connectivity index (χ1) is 9.69. The summed E-state index contributed by atoms with van der Waals surface area (Å²) in [6.45, 7) is 0. The van der Waals surface area contributed by atoms with E-state index >= 15 is 0 Å². The van der Waals surface area contributed by atoms with Crippen LogP contribution in [0.4, 0.5) is 5.69 Å². The van der Waals surface area contributed by atoms with Gasteiger partial charge < -0.3 is 10.1 Å². The number of benzene rings is 2. The first-order valence-electron chi connectivity index (χ1n) is 6.06. The zero-order valence-corrected chi connectivity index (χ0v) is 13.1. The number of halogens is 1. The minimum absolute atomic E-state index is 0.0503. The summed E-state index contributed by atoms with van der Waals surface area (Å²) in [7, 11) is 1.60. The van der Waals surface area contributed by atoms with Crippen LogP contribution in [0.15, 0.2) is 60.8 Å². The summed E-state index contributed by atoms with van der Waals surface area (Å²) in [4.78, 5) is 11.9. The number of hydrogen-bond acceptors (Lipinski definition) is 3. The number of hydrogen-bond donors (Lipinski definition) is 1. The van der Waals surface area contributed by atoms with Crippen LogP contribution in [0.2, 0.25) is 0 Å². The Morgan fingerprint density at radius 2 is 1.75 bits per heavy atom. The maximum absolute atomic E-state index is 11.9. The molecule has 20 heavy (non-hydrogen) atoms. The van der Waals surface area contributed by atoms with Gasteiger partial charge in [0.2, 0.25) is 0 Å². The van der Waals surface area contributed by atoms with E-state index in [4.69, 9.17) is 4.74 Å². The van der Waals surface area contributed by atoms with Crippen molar-refractivity contribution in [3.63, 3.8) is 0 Å². The van der Waals surface area contributed by atoms with E-state index in [1.807, 2.05) is 24.3 Å². The second kappa shape index (κ2) is 7.09. The molecule has 4 heteroatoms. The lowest BCUT2D eigenvalue weighted by Gasteiger charge is -2.01. The van der Waals surface area contributed by atoms with Gasteiger partial charge in [0.25, 0.3) is 0 Å². The van der Waals surface area contributed by atoms with Gasteiger partial charge in [-0.1, -0.05) is 0 Å². The molecule has 0 aliphatic heterocycles. The largest absolute Gasteiger partial charge is 0.497 e. The summed E-state index contributed by atoms with van der Waals surface area (Å²) >= 11 is 2.25. The fraction of sp³-hybridized carbons (Fsp3) is 0.0625. The maximum Gasteiger partial charge on any atom is 0.187 e. The number of allylic oxidation sites excluding steroid dienone is 1. The Balaban J connectivity index is 1.96. The van der Waals surface area contributed by atoms with Crippen LogP contribution in [-0.2, 0) is 0 Å². The van der Waals surface area contributed by atoms with Crippen molar-refractivity contribution in [2.24, 2.45) is 0 Å². The van der Waals surface area contributed by atoms with Crippen LogP contribution < -0.4 is 10.1 Å². The highest BCUT2D eigenvalue weighted by Crippen LogP contribution is 2.13. The number of carbonyl (C=O) groups is 1. The Morgan fingerprint density at radius 1 is 1.10 bits per heavy atom. The van der Waals surface area contributed by atoms with Crippen LogP contribution in [0.25, 0.3) is 0 Å². The summed E-state index contributed by atoms with van der Waals surface area (Å²) in [6.07, 6.45) is 3.16. The highest BCUT2D eigenvalue weighted by Gasteiger charge is 2.01. The molecule has 0 aromatic heterocycles. The predicted molar refractivity (Wildman–Crippen MR) is 89.2 cm³/mol. The molecule has 0 fully saturated rings. The molecule has 0 amide bonds. The van der Waals surface area contributed by atoms with Crippen LogP contribution in [0.3, 0.4) is 0 Å². The lowest BCUT2D eigenvalue weighted by atomic mass is 10.1. The molecule has 3 nitrogen and oxygen atoms in total. The smallest absolute Gasteiger partial charge is 0.187 e. The number of rotatable bonds is 5. The van der Waals surface area contributed by atoms with E-state index in [-0.39, 0.29) is 5.78 Å². The summed E-state index contributed by atoms with van der Waals surface area (Å²) in [5.41, 5.74) is 1.58. The second-order valence-corrected chi connectivity index (χ2v) is 5.32. The van der Waals surface area contributed by atoms with Crippen molar-refractivity contribution >= 4 is 34.1 Å². The molecule has 2 rings (SSSR count). The summed E-state index contributed by atoms with van der Waals surface area (Å²) < 4.78 is 6.23. The lowest BCUT2D eigenvalue weighted by molar-refractivity contribution is 0.104. The van der Waals surface area contributed by atoms with E-state index in [0.29, 0.717) is 5.56 Å². The molecule has 0 unspecified atom stereocenters. The van der Waals surface area contributed by atoms with Crippen LogP contribution in [0, 0.1) is 3.57 Å².